The van der Waals surface area contributed by atoms with Crippen molar-refractivity contribution >= 4 is 27.5 Å². The third-order valence-corrected chi connectivity index (χ3v) is 8.28. The van der Waals surface area contributed by atoms with Crippen molar-refractivity contribution in [2.75, 3.05) is 38.7 Å². The number of amides is 2. The molecule has 0 aliphatic rings. The largest absolute Gasteiger partial charge is 0.497 e. The quantitative estimate of drug-likeness (QED) is 0.307. The molecule has 11 heteroatoms. The highest BCUT2D eigenvalue weighted by Gasteiger charge is 2.34. The number of nitrogens with one attached hydrogen (secondary N) is 1. The number of hydrogen-bond donors (Lipinski definition) is 1. The van der Waals surface area contributed by atoms with Gasteiger partial charge in [0.1, 0.15) is 18.3 Å². The van der Waals surface area contributed by atoms with Gasteiger partial charge in [0.05, 0.1) is 31.9 Å². The Kier molecular flexibility index (Phi) is 11.0. The van der Waals surface area contributed by atoms with Gasteiger partial charge in [-0.1, -0.05) is 37.3 Å². The van der Waals surface area contributed by atoms with Crippen LogP contribution in [0, 0.1) is 0 Å². The van der Waals surface area contributed by atoms with E-state index in [9.17, 15) is 18.0 Å². The highest BCUT2D eigenvalue weighted by molar-refractivity contribution is 7.92. The van der Waals surface area contributed by atoms with Gasteiger partial charge in [-0.3, -0.25) is 13.9 Å². The maximum absolute atomic E-state index is 14.0. The summed E-state index contributed by atoms with van der Waals surface area (Å²) in [5.41, 5.74) is 1.06. The number of likely N-dealkylation sites (N-methyl/N-ethyl adjacent to an activating group) is 1. The molecule has 3 rings (SSSR count). The predicted octanol–water partition coefficient (Wildman–Crippen LogP) is 3.85. The van der Waals surface area contributed by atoms with E-state index < -0.39 is 28.5 Å². The minimum absolute atomic E-state index is 0.0794. The van der Waals surface area contributed by atoms with Crippen molar-refractivity contribution in [2.24, 2.45) is 0 Å². The van der Waals surface area contributed by atoms with Gasteiger partial charge in [0, 0.05) is 19.2 Å². The molecule has 0 saturated carbocycles. The zero-order valence-corrected chi connectivity index (χ0v) is 24.8. The molecular weight excluding hydrogens is 546 g/mol. The number of nitrogens with zero attached hydrogens (tertiary/aromatic N) is 2. The first-order valence-electron chi connectivity index (χ1n) is 13.2. The second-order valence-corrected chi connectivity index (χ2v) is 10.9. The molecule has 220 valence electrons. The molecule has 41 heavy (non-hydrogen) atoms. The van der Waals surface area contributed by atoms with Crippen LogP contribution in [0.15, 0.2) is 77.7 Å². The van der Waals surface area contributed by atoms with Crippen LogP contribution in [0.1, 0.15) is 25.8 Å². The number of methoxy groups -OCH3 is 3. The van der Waals surface area contributed by atoms with Crippen LogP contribution in [0.25, 0.3) is 0 Å². The van der Waals surface area contributed by atoms with E-state index in [-0.39, 0.29) is 23.1 Å². The maximum Gasteiger partial charge on any atom is 0.264 e. The van der Waals surface area contributed by atoms with Crippen LogP contribution in [0.2, 0.25) is 0 Å². The number of sulfonamides is 1. The molecule has 0 unspecified atom stereocenters. The summed E-state index contributed by atoms with van der Waals surface area (Å²) in [7, 11) is 0.176. The number of carbonyl (C=O) groups is 2. The van der Waals surface area contributed by atoms with Crippen molar-refractivity contribution in [1.82, 2.24) is 10.2 Å². The molecule has 10 nitrogen and oxygen atoms in total. The molecule has 0 radical (unpaired) electrons. The summed E-state index contributed by atoms with van der Waals surface area (Å²) in [4.78, 5) is 28.4. The lowest BCUT2D eigenvalue weighted by Gasteiger charge is -2.33. The first-order chi connectivity index (χ1) is 19.7. The third kappa shape index (κ3) is 7.49. The summed E-state index contributed by atoms with van der Waals surface area (Å²) in [6, 6.07) is 18.9. The Bertz CT molecular complexity index is 1410. The van der Waals surface area contributed by atoms with Crippen LogP contribution >= 0.6 is 0 Å². The molecular formula is C30H37N3O7S. The molecule has 0 aliphatic heterocycles. The average molecular weight is 584 g/mol. The number of anilines is 1. The lowest BCUT2D eigenvalue weighted by Crippen LogP contribution is -2.52. The van der Waals surface area contributed by atoms with E-state index in [0.717, 1.165) is 9.87 Å². The summed E-state index contributed by atoms with van der Waals surface area (Å²) in [6.07, 6.45) is 0.335. The number of ether oxygens (including phenoxy) is 3. The molecule has 1 N–H and O–H groups in total. The molecule has 0 spiro atoms. The standard InChI is InChI=1S/C30H37N3O7S/c1-6-26(30(35)31-7-2)32(20-22-13-15-24(38-3)16-14-22)29(34)21-33(23-11-9-8-10-12-23)41(36,37)25-17-18-27(39-4)28(19-25)40-5/h8-19,26H,6-7,20-21H2,1-5H3,(H,31,35)/t26-/m1/s1. The van der Waals surface area contributed by atoms with E-state index >= 15 is 0 Å². The summed E-state index contributed by atoms with van der Waals surface area (Å²) >= 11 is 0. The highest BCUT2D eigenvalue weighted by Crippen LogP contribution is 2.32. The highest BCUT2D eigenvalue weighted by atomic mass is 32.2. The van der Waals surface area contributed by atoms with Gasteiger partial charge in [-0.15, -0.1) is 0 Å². The Morgan fingerprint density at radius 1 is 0.854 bits per heavy atom. The van der Waals surface area contributed by atoms with E-state index in [1.807, 2.05) is 6.92 Å². The van der Waals surface area contributed by atoms with Crippen molar-refractivity contribution in [3.05, 3.63) is 78.4 Å². The minimum Gasteiger partial charge on any atom is -0.497 e. The molecule has 0 aliphatic carbocycles. The zero-order chi connectivity index (χ0) is 30.0. The molecule has 0 fully saturated rings. The van der Waals surface area contributed by atoms with Crippen molar-refractivity contribution in [3.63, 3.8) is 0 Å². The van der Waals surface area contributed by atoms with Gasteiger partial charge in [-0.25, -0.2) is 8.42 Å². The second kappa shape index (κ2) is 14.4. The molecule has 1 atom stereocenters. The predicted molar refractivity (Wildman–Crippen MR) is 157 cm³/mol. The monoisotopic (exact) mass is 583 g/mol. The number of hydrogen-bond acceptors (Lipinski definition) is 7. The van der Waals surface area contributed by atoms with Crippen LogP contribution in [-0.4, -0.2) is 65.6 Å². The Labute approximate surface area is 241 Å². The van der Waals surface area contributed by atoms with Crippen molar-refractivity contribution < 1.29 is 32.2 Å². The van der Waals surface area contributed by atoms with E-state index in [4.69, 9.17) is 14.2 Å². The van der Waals surface area contributed by atoms with Crippen LogP contribution in [0.3, 0.4) is 0 Å². The van der Waals surface area contributed by atoms with Crippen LogP contribution in [0.5, 0.6) is 17.2 Å². The molecule has 2 amide bonds. The molecule has 0 aromatic heterocycles. The first kappa shape index (κ1) is 31.3. The Hall–Kier alpha value is -4.25. The van der Waals surface area contributed by atoms with Crippen LogP contribution < -0.4 is 23.8 Å². The van der Waals surface area contributed by atoms with Crippen molar-refractivity contribution in [3.8, 4) is 17.2 Å². The maximum atomic E-state index is 14.0. The number of benzene rings is 3. The van der Waals surface area contributed by atoms with E-state index in [0.29, 0.717) is 30.2 Å². The smallest absolute Gasteiger partial charge is 0.264 e. The third-order valence-electron chi connectivity index (χ3n) is 6.51. The average Bonchev–Trinajstić information content (AvgIpc) is 3.00. The molecule has 0 saturated heterocycles. The Morgan fingerprint density at radius 3 is 2.07 bits per heavy atom. The second-order valence-electron chi connectivity index (χ2n) is 9.05. The fraction of sp³-hybridized carbons (Fsp3) is 0.333. The van der Waals surface area contributed by atoms with Gasteiger partial charge in [-0.05, 0) is 55.3 Å². The fourth-order valence-electron chi connectivity index (χ4n) is 4.37. The van der Waals surface area contributed by atoms with E-state index in [1.165, 1.54) is 37.3 Å². The van der Waals surface area contributed by atoms with E-state index in [1.54, 1.807) is 68.6 Å². The molecule has 0 bridgehead atoms. The van der Waals surface area contributed by atoms with Crippen LogP contribution in [-0.2, 0) is 26.2 Å². The van der Waals surface area contributed by atoms with Crippen molar-refractivity contribution in [2.45, 2.75) is 37.8 Å². The SMILES string of the molecule is CCNC(=O)[C@@H](CC)N(Cc1ccc(OC)cc1)C(=O)CN(c1ccccc1)S(=O)(=O)c1ccc(OC)c(OC)c1. The normalized spacial score (nSPS) is 11.7. The van der Waals surface area contributed by atoms with Crippen LogP contribution in [0.4, 0.5) is 5.69 Å². The summed E-state index contributed by atoms with van der Waals surface area (Å²) < 4.78 is 44.9. The summed E-state index contributed by atoms with van der Waals surface area (Å²) in [5.74, 6) is 0.403. The number of rotatable bonds is 14. The number of carbonyl (C=O) groups excluding carboxylic acids is 2. The van der Waals surface area contributed by atoms with Crippen molar-refractivity contribution in [1.29, 1.82) is 0 Å². The summed E-state index contributed by atoms with van der Waals surface area (Å²) in [6.45, 7) is 3.56. The van der Waals surface area contributed by atoms with Gasteiger partial charge in [0.25, 0.3) is 10.0 Å². The lowest BCUT2D eigenvalue weighted by molar-refractivity contribution is -0.140. The van der Waals surface area contributed by atoms with Gasteiger partial charge in [0.2, 0.25) is 11.8 Å². The van der Waals surface area contributed by atoms with Gasteiger partial charge >= 0.3 is 0 Å². The molecule has 3 aromatic carbocycles. The fourth-order valence-corrected chi connectivity index (χ4v) is 5.80. The summed E-state index contributed by atoms with van der Waals surface area (Å²) in [5, 5.41) is 2.79. The molecule has 3 aromatic rings. The topological polar surface area (TPSA) is 114 Å². The van der Waals surface area contributed by atoms with E-state index in [2.05, 4.69) is 5.32 Å². The Morgan fingerprint density at radius 2 is 1.51 bits per heavy atom. The zero-order valence-electron chi connectivity index (χ0n) is 24.0. The number of para-hydroxylation sites is 1. The first-order valence-corrected chi connectivity index (χ1v) is 14.6. The lowest BCUT2D eigenvalue weighted by atomic mass is 10.1. The Balaban J connectivity index is 2.06. The molecule has 0 heterocycles. The minimum atomic E-state index is -4.25. The van der Waals surface area contributed by atoms with Gasteiger partial charge in [0.15, 0.2) is 11.5 Å². The van der Waals surface area contributed by atoms with Gasteiger partial charge < -0.3 is 24.4 Å². The van der Waals surface area contributed by atoms with Gasteiger partial charge in [-0.2, -0.15) is 0 Å².